The molecule has 1 aromatic rings. The molecule has 0 amide bonds. The quantitative estimate of drug-likeness (QED) is 0.339. The summed E-state index contributed by atoms with van der Waals surface area (Å²) in [5.41, 5.74) is 0.902. The Labute approximate surface area is 113 Å². The molecule has 0 fully saturated rings. The predicted molar refractivity (Wildman–Crippen MR) is 75.4 cm³/mol. The normalized spacial score (nSPS) is 10.8. The Balaban J connectivity index is 2.83. The summed E-state index contributed by atoms with van der Waals surface area (Å²) >= 11 is 0. The molecular formula is C14H20N2O3. The van der Waals surface area contributed by atoms with Crippen LogP contribution in [0.15, 0.2) is 30.4 Å². The van der Waals surface area contributed by atoms with Crippen molar-refractivity contribution < 1.29 is 9.66 Å². The van der Waals surface area contributed by atoms with Gasteiger partial charge in [-0.05, 0) is 26.0 Å². The van der Waals surface area contributed by atoms with Crippen LogP contribution in [0.5, 0.6) is 5.75 Å². The summed E-state index contributed by atoms with van der Waals surface area (Å²) in [6.07, 6.45) is 4.81. The Morgan fingerprint density at radius 1 is 1.47 bits per heavy atom. The molecule has 0 spiro atoms. The lowest BCUT2D eigenvalue weighted by atomic mass is 10.1. The summed E-state index contributed by atoms with van der Waals surface area (Å²) in [5.74, 6) is 0.687. The Bertz CT molecular complexity index is 444. The number of rotatable bonds is 8. The zero-order valence-corrected chi connectivity index (χ0v) is 11.4. The number of nitro benzene ring substituents is 1. The molecule has 0 aromatic heterocycles. The third-order valence-corrected chi connectivity index (χ3v) is 2.57. The Morgan fingerprint density at radius 2 is 2.26 bits per heavy atom. The van der Waals surface area contributed by atoms with Crippen LogP contribution in [-0.2, 0) is 6.54 Å². The molecule has 104 valence electrons. The van der Waals surface area contributed by atoms with Gasteiger partial charge in [0.05, 0.1) is 4.92 Å². The SMILES string of the molecule is C/C=C/COc1ccc([N+](=O)[O-])cc1CNCCC. The molecule has 1 aromatic carbocycles. The van der Waals surface area contributed by atoms with E-state index in [9.17, 15) is 10.1 Å². The van der Waals surface area contributed by atoms with Crippen LogP contribution in [0, 0.1) is 10.1 Å². The van der Waals surface area contributed by atoms with Crippen molar-refractivity contribution in [3.8, 4) is 5.75 Å². The number of benzene rings is 1. The minimum absolute atomic E-state index is 0.0895. The van der Waals surface area contributed by atoms with Crippen LogP contribution >= 0.6 is 0 Å². The van der Waals surface area contributed by atoms with Crippen molar-refractivity contribution in [3.05, 3.63) is 46.0 Å². The van der Waals surface area contributed by atoms with Crippen LogP contribution in [0.1, 0.15) is 25.8 Å². The molecule has 0 saturated carbocycles. The lowest BCUT2D eigenvalue weighted by molar-refractivity contribution is -0.384. The first kappa shape index (κ1) is 15.2. The minimum Gasteiger partial charge on any atom is -0.489 e. The molecule has 0 unspecified atom stereocenters. The summed E-state index contributed by atoms with van der Waals surface area (Å²) in [7, 11) is 0. The van der Waals surface area contributed by atoms with E-state index in [1.54, 1.807) is 12.1 Å². The Hall–Kier alpha value is -1.88. The lowest BCUT2D eigenvalue weighted by Gasteiger charge is -2.10. The topological polar surface area (TPSA) is 64.4 Å². The summed E-state index contributed by atoms with van der Waals surface area (Å²) in [6.45, 7) is 5.90. The highest BCUT2D eigenvalue weighted by molar-refractivity contribution is 5.43. The van der Waals surface area contributed by atoms with Crippen molar-refractivity contribution in [2.24, 2.45) is 0 Å². The van der Waals surface area contributed by atoms with Crippen LogP contribution in [0.4, 0.5) is 5.69 Å². The van der Waals surface area contributed by atoms with E-state index < -0.39 is 0 Å². The van der Waals surface area contributed by atoms with Gasteiger partial charge in [0.1, 0.15) is 12.4 Å². The van der Waals surface area contributed by atoms with E-state index in [0.29, 0.717) is 18.9 Å². The monoisotopic (exact) mass is 264 g/mol. The molecule has 0 saturated heterocycles. The van der Waals surface area contributed by atoms with Gasteiger partial charge in [-0.25, -0.2) is 0 Å². The van der Waals surface area contributed by atoms with E-state index in [4.69, 9.17) is 4.74 Å². The number of nitrogens with zero attached hydrogens (tertiary/aromatic N) is 1. The fourth-order valence-electron chi connectivity index (χ4n) is 1.59. The number of nitrogens with one attached hydrogen (secondary N) is 1. The van der Waals surface area contributed by atoms with Crippen LogP contribution in [0.2, 0.25) is 0 Å². The van der Waals surface area contributed by atoms with Crippen LogP contribution in [-0.4, -0.2) is 18.1 Å². The number of ether oxygens (including phenoxy) is 1. The number of allylic oxidation sites excluding steroid dienone is 1. The highest BCUT2D eigenvalue weighted by Gasteiger charge is 2.11. The van der Waals surface area contributed by atoms with Crippen molar-refractivity contribution in [2.75, 3.05) is 13.2 Å². The standard InChI is InChI=1S/C14H20N2O3/c1-3-5-9-19-14-7-6-13(16(17)18)10-12(14)11-15-8-4-2/h3,5-7,10,15H,4,8-9,11H2,1-2H3/b5-3+. The maximum Gasteiger partial charge on any atom is 0.270 e. The third kappa shape index (κ3) is 5.09. The van der Waals surface area contributed by atoms with Gasteiger partial charge in [-0.15, -0.1) is 0 Å². The number of hydrogen-bond acceptors (Lipinski definition) is 4. The lowest BCUT2D eigenvalue weighted by Crippen LogP contribution is -2.15. The smallest absolute Gasteiger partial charge is 0.270 e. The van der Waals surface area contributed by atoms with E-state index in [2.05, 4.69) is 12.2 Å². The second kappa shape index (κ2) is 8.26. The van der Waals surface area contributed by atoms with Gasteiger partial charge in [0.25, 0.3) is 5.69 Å². The van der Waals surface area contributed by atoms with Gasteiger partial charge in [0, 0.05) is 24.2 Å². The highest BCUT2D eigenvalue weighted by atomic mass is 16.6. The third-order valence-electron chi connectivity index (χ3n) is 2.57. The molecule has 1 rings (SSSR count). The fraction of sp³-hybridized carbons (Fsp3) is 0.429. The molecule has 5 heteroatoms. The van der Waals surface area contributed by atoms with Gasteiger partial charge in [0.2, 0.25) is 0 Å². The Kier molecular flexibility index (Phi) is 6.60. The molecule has 0 atom stereocenters. The molecule has 0 aliphatic rings. The predicted octanol–water partition coefficient (Wildman–Crippen LogP) is 3.05. The second-order valence-electron chi connectivity index (χ2n) is 4.11. The van der Waals surface area contributed by atoms with Gasteiger partial charge in [-0.1, -0.05) is 19.1 Å². The van der Waals surface area contributed by atoms with Crippen molar-refractivity contribution in [3.63, 3.8) is 0 Å². The van der Waals surface area contributed by atoms with Crippen LogP contribution in [0.25, 0.3) is 0 Å². The van der Waals surface area contributed by atoms with Crippen molar-refractivity contribution in [1.29, 1.82) is 0 Å². The summed E-state index contributed by atoms with van der Waals surface area (Å²) in [6, 6.07) is 4.69. The van der Waals surface area contributed by atoms with E-state index in [1.165, 1.54) is 6.07 Å². The second-order valence-corrected chi connectivity index (χ2v) is 4.11. The van der Waals surface area contributed by atoms with E-state index >= 15 is 0 Å². The molecule has 5 nitrogen and oxygen atoms in total. The van der Waals surface area contributed by atoms with Crippen molar-refractivity contribution in [1.82, 2.24) is 5.32 Å². The average molecular weight is 264 g/mol. The summed E-state index contributed by atoms with van der Waals surface area (Å²) in [4.78, 5) is 10.4. The van der Waals surface area contributed by atoms with E-state index in [1.807, 2.05) is 19.1 Å². The summed E-state index contributed by atoms with van der Waals surface area (Å²) < 4.78 is 5.59. The Morgan fingerprint density at radius 3 is 2.89 bits per heavy atom. The molecule has 0 radical (unpaired) electrons. The first-order chi connectivity index (χ1) is 9.19. The molecule has 0 aliphatic carbocycles. The molecule has 0 aliphatic heterocycles. The zero-order chi connectivity index (χ0) is 14.1. The molecule has 19 heavy (non-hydrogen) atoms. The maximum atomic E-state index is 10.8. The van der Waals surface area contributed by atoms with Crippen LogP contribution < -0.4 is 10.1 Å². The molecular weight excluding hydrogens is 244 g/mol. The first-order valence-electron chi connectivity index (χ1n) is 6.41. The molecule has 0 heterocycles. The van der Waals surface area contributed by atoms with Gasteiger partial charge in [-0.3, -0.25) is 10.1 Å². The first-order valence-corrected chi connectivity index (χ1v) is 6.41. The highest BCUT2D eigenvalue weighted by Crippen LogP contribution is 2.24. The average Bonchev–Trinajstić information content (AvgIpc) is 2.40. The number of non-ortho nitro benzene ring substituents is 1. The zero-order valence-electron chi connectivity index (χ0n) is 11.4. The van der Waals surface area contributed by atoms with Crippen molar-refractivity contribution in [2.45, 2.75) is 26.8 Å². The van der Waals surface area contributed by atoms with E-state index in [-0.39, 0.29) is 10.6 Å². The minimum atomic E-state index is -0.390. The van der Waals surface area contributed by atoms with Gasteiger partial charge in [-0.2, -0.15) is 0 Å². The van der Waals surface area contributed by atoms with Crippen molar-refractivity contribution >= 4 is 5.69 Å². The fourth-order valence-corrected chi connectivity index (χ4v) is 1.59. The van der Waals surface area contributed by atoms with Crippen LogP contribution in [0.3, 0.4) is 0 Å². The molecule has 1 N–H and O–H groups in total. The van der Waals surface area contributed by atoms with Gasteiger partial charge >= 0.3 is 0 Å². The largest absolute Gasteiger partial charge is 0.489 e. The van der Waals surface area contributed by atoms with E-state index in [0.717, 1.165) is 18.5 Å². The number of nitro groups is 1. The summed E-state index contributed by atoms with van der Waals surface area (Å²) in [5, 5.41) is 14.0. The number of hydrogen-bond donors (Lipinski definition) is 1. The maximum absolute atomic E-state index is 10.8. The molecule has 0 bridgehead atoms. The van der Waals surface area contributed by atoms with Gasteiger partial charge < -0.3 is 10.1 Å². The van der Waals surface area contributed by atoms with Gasteiger partial charge in [0.15, 0.2) is 0 Å².